The summed E-state index contributed by atoms with van der Waals surface area (Å²) in [4.78, 5) is 16.5. The quantitative estimate of drug-likeness (QED) is 0.777. The number of nitrogens with zero attached hydrogens (tertiary/aromatic N) is 2. The van der Waals surface area contributed by atoms with E-state index in [1.54, 1.807) is 12.4 Å². The minimum absolute atomic E-state index is 0.0781. The largest absolute Gasteiger partial charge is 0.480 e. The molecule has 0 saturated heterocycles. The summed E-state index contributed by atoms with van der Waals surface area (Å²) in [6, 6.07) is 4.11. The van der Waals surface area contributed by atoms with Gasteiger partial charge in [0.2, 0.25) is 0 Å². The van der Waals surface area contributed by atoms with Crippen molar-refractivity contribution in [3.8, 4) is 0 Å². The predicted octanol–water partition coefficient (Wildman–Crippen LogP) is 1.14. The first-order valence-corrected chi connectivity index (χ1v) is 4.66. The van der Waals surface area contributed by atoms with Crippen molar-refractivity contribution in [2.45, 2.75) is 18.9 Å². The number of aromatic nitrogens is 1. The maximum atomic E-state index is 10.7. The van der Waals surface area contributed by atoms with Crippen LogP contribution in [0, 0.1) is 0 Å². The van der Waals surface area contributed by atoms with Crippen LogP contribution in [-0.4, -0.2) is 28.6 Å². The van der Waals surface area contributed by atoms with Gasteiger partial charge < -0.3 is 10.0 Å². The van der Waals surface area contributed by atoms with Gasteiger partial charge in [-0.05, 0) is 25.0 Å². The second kappa shape index (κ2) is 3.65. The Morgan fingerprint density at radius 2 is 2.14 bits per heavy atom. The van der Waals surface area contributed by atoms with Crippen molar-refractivity contribution in [2.24, 2.45) is 0 Å². The molecule has 0 amide bonds. The molecule has 1 aromatic heterocycles. The first-order valence-electron chi connectivity index (χ1n) is 4.66. The van der Waals surface area contributed by atoms with Crippen molar-refractivity contribution in [1.29, 1.82) is 0 Å². The number of pyridine rings is 1. The fourth-order valence-corrected chi connectivity index (χ4v) is 1.50. The van der Waals surface area contributed by atoms with Crippen LogP contribution in [0.4, 0.5) is 5.69 Å². The first-order chi connectivity index (χ1) is 6.77. The lowest BCUT2D eigenvalue weighted by molar-refractivity contribution is -0.135. The number of hydrogen-bond acceptors (Lipinski definition) is 3. The summed E-state index contributed by atoms with van der Waals surface area (Å²) in [5.74, 6) is -0.784. The van der Waals surface area contributed by atoms with Gasteiger partial charge in [-0.1, -0.05) is 0 Å². The Morgan fingerprint density at radius 3 is 2.64 bits per heavy atom. The van der Waals surface area contributed by atoms with Crippen LogP contribution in [0.3, 0.4) is 0 Å². The van der Waals surface area contributed by atoms with E-state index in [0.29, 0.717) is 6.04 Å². The molecular weight excluding hydrogens is 180 g/mol. The van der Waals surface area contributed by atoms with Crippen LogP contribution in [0.1, 0.15) is 12.8 Å². The van der Waals surface area contributed by atoms with Crippen LogP contribution in [-0.2, 0) is 4.79 Å². The molecule has 4 heteroatoms. The third-order valence-electron chi connectivity index (χ3n) is 2.29. The number of carbonyl (C=O) groups is 1. The Labute approximate surface area is 82.2 Å². The fraction of sp³-hybridized carbons (Fsp3) is 0.400. The van der Waals surface area contributed by atoms with Crippen molar-refractivity contribution in [3.63, 3.8) is 0 Å². The molecular formula is C10H12N2O2. The second-order valence-corrected chi connectivity index (χ2v) is 3.46. The highest BCUT2D eigenvalue weighted by Crippen LogP contribution is 2.30. The topological polar surface area (TPSA) is 53.4 Å². The number of hydrogen-bond donors (Lipinski definition) is 1. The van der Waals surface area contributed by atoms with Crippen LogP contribution in [0.15, 0.2) is 24.5 Å². The summed E-state index contributed by atoms with van der Waals surface area (Å²) >= 11 is 0. The highest BCUT2D eigenvalue weighted by molar-refractivity contribution is 5.74. The normalized spacial score (nSPS) is 15.1. The Morgan fingerprint density at radius 1 is 1.50 bits per heavy atom. The molecule has 1 N–H and O–H groups in total. The highest BCUT2D eigenvalue weighted by atomic mass is 16.4. The lowest BCUT2D eigenvalue weighted by Gasteiger charge is -2.21. The summed E-state index contributed by atoms with van der Waals surface area (Å²) < 4.78 is 0. The maximum Gasteiger partial charge on any atom is 0.323 e. The minimum Gasteiger partial charge on any atom is -0.480 e. The smallest absolute Gasteiger partial charge is 0.323 e. The monoisotopic (exact) mass is 192 g/mol. The Balaban J connectivity index is 2.14. The molecule has 0 aromatic carbocycles. The molecule has 14 heavy (non-hydrogen) atoms. The predicted molar refractivity (Wildman–Crippen MR) is 52.2 cm³/mol. The number of carboxylic acids is 1. The van der Waals surface area contributed by atoms with Gasteiger partial charge >= 0.3 is 5.97 Å². The van der Waals surface area contributed by atoms with Crippen molar-refractivity contribution < 1.29 is 9.90 Å². The zero-order chi connectivity index (χ0) is 9.97. The van der Waals surface area contributed by atoms with E-state index in [0.717, 1.165) is 18.5 Å². The van der Waals surface area contributed by atoms with E-state index in [9.17, 15) is 4.79 Å². The average Bonchev–Trinajstić information content (AvgIpc) is 2.99. The van der Waals surface area contributed by atoms with Gasteiger partial charge in [-0.3, -0.25) is 9.78 Å². The van der Waals surface area contributed by atoms with Crippen LogP contribution in [0.2, 0.25) is 0 Å². The van der Waals surface area contributed by atoms with E-state index in [-0.39, 0.29) is 6.54 Å². The van der Waals surface area contributed by atoms with E-state index < -0.39 is 5.97 Å². The van der Waals surface area contributed by atoms with Crippen molar-refractivity contribution in [2.75, 3.05) is 11.4 Å². The summed E-state index contributed by atoms with van der Waals surface area (Å²) in [6.07, 6.45) is 5.56. The van der Waals surface area contributed by atoms with Gasteiger partial charge in [-0.25, -0.2) is 0 Å². The number of carboxylic acid groups (broad SMARTS) is 1. The lowest BCUT2D eigenvalue weighted by Crippen LogP contribution is -2.31. The summed E-state index contributed by atoms with van der Waals surface area (Å²) in [7, 11) is 0. The lowest BCUT2D eigenvalue weighted by atomic mass is 10.3. The summed E-state index contributed by atoms with van der Waals surface area (Å²) in [5.41, 5.74) is 0.949. The summed E-state index contributed by atoms with van der Waals surface area (Å²) in [6.45, 7) is 0.0781. The van der Waals surface area contributed by atoms with E-state index in [4.69, 9.17) is 5.11 Å². The van der Waals surface area contributed by atoms with E-state index in [1.165, 1.54) is 0 Å². The third kappa shape index (κ3) is 2.02. The molecule has 1 fully saturated rings. The van der Waals surface area contributed by atoms with E-state index in [1.807, 2.05) is 17.0 Å². The maximum absolute atomic E-state index is 10.7. The zero-order valence-corrected chi connectivity index (χ0v) is 7.76. The van der Waals surface area contributed by atoms with Crippen LogP contribution in [0.5, 0.6) is 0 Å². The van der Waals surface area contributed by atoms with Gasteiger partial charge in [0.05, 0.1) is 0 Å². The number of aliphatic carboxylic acids is 1. The highest BCUT2D eigenvalue weighted by Gasteiger charge is 2.30. The van der Waals surface area contributed by atoms with E-state index >= 15 is 0 Å². The van der Waals surface area contributed by atoms with Gasteiger partial charge in [0, 0.05) is 24.1 Å². The van der Waals surface area contributed by atoms with Crippen LogP contribution in [0.25, 0.3) is 0 Å². The molecule has 0 unspecified atom stereocenters. The molecule has 0 aliphatic heterocycles. The number of rotatable bonds is 4. The molecule has 0 radical (unpaired) electrons. The van der Waals surface area contributed by atoms with Gasteiger partial charge in [0.25, 0.3) is 0 Å². The molecule has 0 atom stereocenters. The number of anilines is 1. The van der Waals surface area contributed by atoms with Gasteiger partial charge in [-0.2, -0.15) is 0 Å². The van der Waals surface area contributed by atoms with Gasteiger partial charge in [0.1, 0.15) is 6.54 Å². The van der Waals surface area contributed by atoms with Crippen molar-refractivity contribution in [3.05, 3.63) is 24.5 Å². The van der Waals surface area contributed by atoms with Gasteiger partial charge in [0.15, 0.2) is 0 Å². The SMILES string of the molecule is O=C(O)CN(c1ccncc1)C1CC1. The van der Waals surface area contributed by atoms with E-state index in [2.05, 4.69) is 4.98 Å². The molecule has 1 aromatic rings. The molecule has 4 nitrogen and oxygen atoms in total. The average molecular weight is 192 g/mol. The Bertz CT molecular complexity index is 322. The molecule has 1 heterocycles. The van der Waals surface area contributed by atoms with Crippen molar-refractivity contribution in [1.82, 2.24) is 4.98 Å². The molecule has 2 rings (SSSR count). The first kappa shape index (κ1) is 8.99. The molecule has 1 saturated carbocycles. The fourth-order valence-electron chi connectivity index (χ4n) is 1.50. The molecule has 1 aliphatic carbocycles. The standard InChI is InChI=1S/C10H12N2O2/c13-10(14)7-12(8-1-2-8)9-3-5-11-6-4-9/h3-6,8H,1-2,7H2,(H,13,14). The molecule has 1 aliphatic rings. The molecule has 0 spiro atoms. The molecule has 74 valence electrons. The minimum atomic E-state index is -0.784. The van der Waals surface area contributed by atoms with Crippen LogP contribution < -0.4 is 4.90 Å². The second-order valence-electron chi connectivity index (χ2n) is 3.46. The Hall–Kier alpha value is -1.58. The van der Waals surface area contributed by atoms with Gasteiger partial charge in [-0.15, -0.1) is 0 Å². The summed E-state index contributed by atoms with van der Waals surface area (Å²) in [5, 5.41) is 8.76. The zero-order valence-electron chi connectivity index (χ0n) is 7.76. The van der Waals surface area contributed by atoms with Crippen molar-refractivity contribution >= 4 is 11.7 Å². The Kier molecular flexibility index (Phi) is 2.35. The molecule has 0 bridgehead atoms. The third-order valence-corrected chi connectivity index (χ3v) is 2.29. The van der Waals surface area contributed by atoms with Crippen LogP contribution >= 0.6 is 0 Å².